The predicted octanol–water partition coefficient (Wildman–Crippen LogP) is 3.74. The van der Waals surface area contributed by atoms with Crippen LogP contribution < -0.4 is 15.4 Å². The number of para-hydroxylation sites is 1. The summed E-state index contributed by atoms with van der Waals surface area (Å²) in [6.45, 7) is 6.61. The van der Waals surface area contributed by atoms with E-state index in [1.807, 2.05) is 0 Å². The molecule has 1 aromatic carbocycles. The third kappa shape index (κ3) is 8.12. The highest BCUT2D eigenvalue weighted by molar-refractivity contribution is 14.0. The van der Waals surface area contributed by atoms with Gasteiger partial charge in [0, 0.05) is 44.3 Å². The van der Waals surface area contributed by atoms with Crippen molar-refractivity contribution in [2.75, 3.05) is 20.1 Å². The molecule has 154 valence electrons. The van der Waals surface area contributed by atoms with Gasteiger partial charge in [-0.3, -0.25) is 4.99 Å². The molecule has 1 aliphatic rings. The first kappa shape index (κ1) is 23.8. The Morgan fingerprint density at radius 2 is 1.89 bits per heavy atom. The second kappa shape index (κ2) is 10.9. The van der Waals surface area contributed by atoms with E-state index in [0.29, 0.717) is 23.6 Å². The highest BCUT2D eigenvalue weighted by Gasteiger charge is 2.32. The van der Waals surface area contributed by atoms with Gasteiger partial charge in [-0.1, -0.05) is 18.2 Å². The van der Waals surface area contributed by atoms with Crippen molar-refractivity contribution >= 4 is 29.9 Å². The van der Waals surface area contributed by atoms with Gasteiger partial charge in [0.05, 0.1) is 0 Å². The average Bonchev–Trinajstić information content (AvgIpc) is 2.58. The number of benzene rings is 1. The lowest BCUT2D eigenvalue weighted by Crippen LogP contribution is -2.49. The zero-order valence-corrected chi connectivity index (χ0v) is 18.2. The summed E-state index contributed by atoms with van der Waals surface area (Å²) < 4.78 is 41.6. The normalized spacial score (nSPS) is 16.8. The lowest BCUT2D eigenvalue weighted by Gasteiger charge is -2.35. The molecule has 1 fully saturated rings. The molecule has 0 atom stereocenters. The smallest absolute Gasteiger partial charge is 0.405 e. The first-order valence-electron chi connectivity index (χ1n) is 8.83. The van der Waals surface area contributed by atoms with Gasteiger partial charge in [0.25, 0.3) is 0 Å². The van der Waals surface area contributed by atoms with Crippen LogP contribution in [-0.4, -0.2) is 49.4 Å². The first-order valence-corrected chi connectivity index (χ1v) is 8.83. The molecular weight excluding hydrogens is 472 g/mol. The summed E-state index contributed by atoms with van der Waals surface area (Å²) in [5, 5.41) is 6.42. The van der Waals surface area contributed by atoms with Gasteiger partial charge >= 0.3 is 6.36 Å². The van der Waals surface area contributed by atoms with E-state index in [0.717, 1.165) is 25.9 Å². The minimum Gasteiger partial charge on any atom is -0.405 e. The standard InChI is InChI=1S/C18H27F3N4O.HI/c1-13(2)25-10-8-15(9-11-25)24-17(22-3)23-12-14-6-4-5-7-16(14)26-18(19,20)21;/h4-7,13,15H,8-12H2,1-3H3,(H2,22,23,24);1H. The Balaban J connectivity index is 0.00000364. The number of hydrogen-bond acceptors (Lipinski definition) is 3. The van der Waals surface area contributed by atoms with Crippen LogP contribution >= 0.6 is 24.0 Å². The van der Waals surface area contributed by atoms with Gasteiger partial charge in [-0.2, -0.15) is 0 Å². The van der Waals surface area contributed by atoms with Crippen molar-refractivity contribution < 1.29 is 17.9 Å². The molecule has 0 aromatic heterocycles. The van der Waals surface area contributed by atoms with Crippen LogP contribution in [0.15, 0.2) is 29.3 Å². The lowest BCUT2D eigenvalue weighted by atomic mass is 10.0. The summed E-state index contributed by atoms with van der Waals surface area (Å²) in [6, 6.07) is 6.94. The van der Waals surface area contributed by atoms with Crippen molar-refractivity contribution in [1.29, 1.82) is 0 Å². The summed E-state index contributed by atoms with van der Waals surface area (Å²) in [4.78, 5) is 6.60. The number of halogens is 4. The van der Waals surface area contributed by atoms with Crippen molar-refractivity contribution in [3.8, 4) is 5.75 Å². The maximum absolute atomic E-state index is 12.5. The quantitative estimate of drug-likeness (QED) is 0.368. The van der Waals surface area contributed by atoms with Crippen LogP contribution in [0.3, 0.4) is 0 Å². The minimum atomic E-state index is -4.71. The maximum atomic E-state index is 12.5. The Morgan fingerprint density at radius 1 is 1.26 bits per heavy atom. The molecule has 0 saturated carbocycles. The molecule has 1 aliphatic heterocycles. The van der Waals surface area contributed by atoms with Gasteiger partial charge in [0.15, 0.2) is 5.96 Å². The highest BCUT2D eigenvalue weighted by atomic mass is 127. The van der Waals surface area contributed by atoms with E-state index in [1.54, 1.807) is 19.2 Å². The second-order valence-electron chi connectivity index (χ2n) is 6.63. The van der Waals surface area contributed by atoms with Crippen LogP contribution in [0.5, 0.6) is 5.75 Å². The number of guanidine groups is 1. The third-order valence-electron chi connectivity index (χ3n) is 4.47. The molecule has 9 heteroatoms. The van der Waals surface area contributed by atoms with E-state index in [-0.39, 0.29) is 36.3 Å². The van der Waals surface area contributed by atoms with Gasteiger partial charge in [0.2, 0.25) is 0 Å². The molecule has 1 saturated heterocycles. The van der Waals surface area contributed by atoms with Crippen LogP contribution in [0.25, 0.3) is 0 Å². The van der Waals surface area contributed by atoms with Gasteiger partial charge < -0.3 is 20.3 Å². The van der Waals surface area contributed by atoms with E-state index in [9.17, 15) is 13.2 Å². The Bertz CT molecular complexity index is 603. The fourth-order valence-electron chi connectivity index (χ4n) is 3.00. The van der Waals surface area contributed by atoms with Crippen molar-refractivity contribution in [2.24, 2.45) is 4.99 Å². The Labute approximate surface area is 175 Å². The number of nitrogens with one attached hydrogen (secondary N) is 2. The Morgan fingerprint density at radius 3 is 2.44 bits per heavy atom. The summed E-state index contributed by atoms with van der Waals surface area (Å²) in [6.07, 6.45) is -2.69. The molecule has 27 heavy (non-hydrogen) atoms. The largest absolute Gasteiger partial charge is 0.573 e. The molecule has 1 aromatic rings. The summed E-state index contributed by atoms with van der Waals surface area (Å²) in [7, 11) is 1.65. The zero-order valence-electron chi connectivity index (χ0n) is 15.8. The van der Waals surface area contributed by atoms with Crippen LogP contribution in [0.4, 0.5) is 13.2 Å². The predicted molar refractivity (Wildman–Crippen MR) is 112 cm³/mol. The zero-order chi connectivity index (χ0) is 19.2. The van der Waals surface area contributed by atoms with Gasteiger partial charge in [-0.15, -0.1) is 37.1 Å². The lowest BCUT2D eigenvalue weighted by molar-refractivity contribution is -0.274. The number of piperidine rings is 1. The highest BCUT2D eigenvalue weighted by Crippen LogP contribution is 2.26. The molecule has 0 radical (unpaired) electrons. The van der Waals surface area contributed by atoms with E-state index in [1.165, 1.54) is 12.1 Å². The van der Waals surface area contributed by atoms with Gasteiger partial charge in [-0.05, 0) is 32.8 Å². The summed E-state index contributed by atoms with van der Waals surface area (Å²) in [5.74, 6) is 0.378. The molecular formula is C18H28F3IN4O. The monoisotopic (exact) mass is 500 g/mol. The third-order valence-corrected chi connectivity index (χ3v) is 4.47. The fraction of sp³-hybridized carbons (Fsp3) is 0.611. The van der Waals surface area contributed by atoms with Crippen LogP contribution in [0.1, 0.15) is 32.3 Å². The summed E-state index contributed by atoms with van der Waals surface area (Å²) in [5.41, 5.74) is 0.419. The van der Waals surface area contributed by atoms with E-state index >= 15 is 0 Å². The molecule has 2 rings (SSSR count). The van der Waals surface area contributed by atoms with E-state index in [2.05, 4.69) is 39.1 Å². The molecule has 0 amide bonds. The Kier molecular flexibility index (Phi) is 9.65. The molecule has 0 aliphatic carbocycles. The van der Waals surface area contributed by atoms with Crippen molar-refractivity contribution in [3.63, 3.8) is 0 Å². The SMILES string of the molecule is CN=C(NCc1ccccc1OC(F)(F)F)NC1CCN(C(C)C)CC1.I. The molecule has 0 bridgehead atoms. The van der Waals surface area contributed by atoms with Gasteiger partial charge in [-0.25, -0.2) is 0 Å². The number of alkyl halides is 3. The van der Waals surface area contributed by atoms with Crippen molar-refractivity contribution in [1.82, 2.24) is 15.5 Å². The minimum absolute atomic E-state index is 0. The molecule has 1 heterocycles. The molecule has 0 spiro atoms. The number of likely N-dealkylation sites (tertiary alicyclic amines) is 1. The number of aliphatic imine (C=N–C) groups is 1. The van der Waals surface area contributed by atoms with E-state index in [4.69, 9.17) is 0 Å². The van der Waals surface area contributed by atoms with Crippen molar-refractivity contribution in [2.45, 2.75) is 51.7 Å². The van der Waals surface area contributed by atoms with E-state index < -0.39 is 6.36 Å². The topological polar surface area (TPSA) is 48.9 Å². The molecule has 5 nitrogen and oxygen atoms in total. The second-order valence-corrected chi connectivity index (χ2v) is 6.63. The first-order chi connectivity index (χ1) is 12.3. The molecule has 2 N–H and O–H groups in total. The summed E-state index contributed by atoms with van der Waals surface area (Å²) >= 11 is 0. The van der Waals surface area contributed by atoms with Gasteiger partial charge in [0.1, 0.15) is 5.75 Å². The number of nitrogens with zero attached hydrogens (tertiary/aromatic N) is 2. The molecule has 0 unspecified atom stereocenters. The fourth-order valence-corrected chi connectivity index (χ4v) is 3.00. The number of ether oxygens (including phenoxy) is 1. The average molecular weight is 500 g/mol. The van der Waals surface area contributed by atoms with Crippen LogP contribution in [-0.2, 0) is 6.54 Å². The van der Waals surface area contributed by atoms with Crippen LogP contribution in [0, 0.1) is 0 Å². The van der Waals surface area contributed by atoms with Crippen molar-refractivity contribution in [3.05, 3.63) is 29.8 Å². The Hall–Kier alpha value is -1.23. The number of hydrogen-bond donors (Lipinski definition) is 2. The maximum Gasteiger partial charge on any atom is 0.573 e. The van der Waals surface area contributed by atoms with Crippen LogP contribution in [0.2, 0.25) is 0 Å². The number of rotatable bonds is 5.